The summed E-state index contributed by atoms with van der Waals surface area (Å²) in [5, 5.41) is 3.84. The minimum absolute atomic E-state index is 0.105. The molecule has 3 atom stereocenters. The van der Waals surface area contributed by atoms with E-state index in [0.717, 1.165) is 18.4 Å². The summed E-state index contributed by atoms with van der Waals surface area (Å²) in [6.07, 6.45) is 13.6. The highest BCUT2D eigenvalue weighted by molar-refractivity contribution is 4.99. The van der Waals surface area contributed by atoms with Gasteiger partial charge in [-0.25, -0.2) is 0 Å². The number of nitrogens with one attached hydrogen (secondary N) is 1. The Morgan fingerprint density at radius 3 is 2.35 bits per heavy atom. The number of likely N-dealkylation sites (N-methyl/N-ethyl adjacent to an activating group) is 1. The zero-order valence-corrected chi connectivity index (χ0v) is 13.9. The maximum Gasteiger partial charge on any atom is 0.0833 e. The van der Waals surface area contributed by atoms with Crippen LogP contribution in [-0.2, 0) is 4.74 Å². The van der Waals surface area contributed by atoms with Gasteiger partial charge in [-0.1, -0.05) is 52.4 Å². The van der Waals surface area contributed by atoms with Crippen molar-refractivity contribution in [2.24, 2.45) is 11.8 Å². The quantitative estimate of drug-likeness (QED) is 0.748. The number of hydrogen-bond acceptors (Lipinski definition) is 2. The third-order valence-electron chi connectivity index (χ3n) is 5.80. The van der Waals surface area contributed by atoms with Crippen LogP contribution in [0.2, 0.25) is 0 Å². The van der Waals surface area contributed by atoms with Gasteiger partial charge in [-0.05, 0) is 44.1 Å². The van der Waals surface area contributed by atoms with Gasteiger partial charge in [0.1, 0.15) is 0 Å². The highest BCUT2D eigenvalue weighted by atomic mass is 16.5. The monoisotopic (exact) mass is 281 g/mol. The number of rotatable bonds is 5. The lowest BCUT2D eigenvalue weighted by Crippen LogP contribution is -2.56. The average Bonchev–Trinajstić information content (AvgIpc) is 2.71. The van der Waals surface area contributed by atoms with Crippen molar-refractivity contribution in [1.82, 2.24) is 5.32 Å². The molecule has 2 heteroatoms. The smallest absolute Gasteiger partial charge is 0.0833 e. The van der Waals surface area contributed by atoms with Gasteiger partial charge >= 0.3 is 0 Å². The molecular weight excluding hydrogens is 246 g/mol. The van der Waals surface area contributed by atoms with Crippen molar-refractivity contribution in [3.05, 3.63) is 0 Å². The van der Waals surface area contributed by atoms with Gasteiger partial charge in [0.05, 0.1) is 5.60 Å². The van der Waals surface area contributed by atoms with Crippen LogP contribution in [-0.4, -0.2) is 25.3 Å². The maximum atomic E-state index is 6.20. The van der Waals surface area contributed by atoms with Crippen LogP contribution in [0, 0.1) is 11.8 Å². The van der Waals surface area contributed by atoms with Gasteiger partial charge in [-0.15, -0.1) is 0 Å². The fourth-order valence-electron chi connectivity index (χ4n) is 4.76. The van der Waals surface area contributed by atoms with Gasteiger partial charge in [0.15, 0.2) is 0 Å². The Morgan fingerprint density at radius 1 is 1.10 bits per heavy atom. The summed E-state index contributed by atoms with van der Waals surface area (Å²) in [5.74, 6) is 1.71. The molecule has 0 bridgehead atoms. The number of ether oxygens (including phenoxy) is 1. The Hall–Kier alpha value is -0.0800. The second kappa shape index (κ2) is 7.79. The Morgan fingerprint density at radius 2 is 1.80 bits per heavy atom. The van der Waals surface area contributed by atoms with Crippen LogP contribution < -0.4 is 5.32 Å². The Kier molecular flexibility index (Phi) is 6.35. The van der Waals surface area contributed by atoms with Gasteiger partial charge < -0.3 is 10.1 Å². The van der Waals surface area contributed by atoms with E-state index in [1.165, 1.54) is 64.2 Å². The third-order valence-corrected chi connectivity index (χ3v) is 5.80. The lowest BCUT2D eigenvalue weighted by Gasteiger charge is -2.46. The lowest BCUT2D eigenvalue weighted by molar-refractivity contribution is -0.0735. The van der Waals surface area contributed by atoms with Crippen molar-refractivity contribution in [2.75, 3.05) is 13.7 Å². The maximum absolute atomic E-state index is 6.20. The van der Waals surface area contributed by atoms with Gasteiger partial charge in [-0.3, -0.25) is 0 Å². The zero-order chi connectivity index (χ0) is 14.4. The van der Waals surface area contributed by atoms with Crippen LogP contribution in [0.5, 0.6) is 0 Å². The molecule has 0 amide bonds. The van der Waals surface area contributed by atoms with Crippen molar-refractivity contribution in [1.29, 1.82) is 0 Å². The topological polar surface area (TPSA) is 21.3 Å². The predicted molar refractivity (Wildman–Crippen MR) is 86.0 cm³/mol. The molecule has 0 aliphatic heterocycles. The van der Waals surface area contributed by atoms with Crippen LogP contribution in [0.3, 0.4) is 0 Å². The molecule has 2 fully saturated rings. The van der Waals surface area contributed by atoms with E-state index in [1.807, 2.05) is 7.11 Å². The van der Waals surface area contributed by atoms with E-state index < -0.39 is 0 Å². The molecular formula is C18H35NO. The summed E-state index contributed by atoms with van der Waals surface area (Å²) in [4.78, 5) is 0. The van der Waals surface area contributed by atoms with Crippen molar-refractivity contribution < 1.29 is 4.74 Å². The summed E-state index contributed by atoms with van der Waals surface area (Å²) in [5.41, 5.74) is 0.105. The predicted octanol–water partition coefficient (Wildman–Crippen LogP) is 4.53. The van der Waals surface area contributed by atoms with Crippen molar-refractivity contribution >= 4 is 0 Å². The summed E-state index contributed by atoms with van der Waals surface area (Å²) >= 11 is 0. The molecule has 2 aliphatic carbocycles. The Balaban J connectivity index is 2.14. The molecule has 0 spiro atoms. The molecule has 2 saturated carbocycles. The largest absolute Gasteiger partial charge is 0.377 e. The minimum atomic E-state index is 0.105. The van der Waals surface area contributed by atoms with E-state index in [2.05, 4.69) is 19.2 Å². The normalized spacial score (nSPS) is 32.5. The second-order valence-electron chi connectivity index (χ2n) is 7.25. The first-order valence-corrected chi connectivity index (χ1v) is 9.00. The lowest BCUT2D eigenvalue weighted by atomic mass is 9.71. The summed E-state index contributed by atoms with van der Waals surface area (Å²) < 4.78 is 6.20. The zero-order valence-electron chi connectivity index (χ0n) is 13.9. The first kappa shape index (κ1) is 16.3. The molecule has 0 aromatic heterocycles. The second-order valence-corrected chi connectivity index (χ2v) is 7.25. The fraction of sp³-hybridized carbons (Fsp3) is 1.00. The fourth-order valence-corrected chi connectivity index (χ4v) is 4.76. The van der Waals surface area contributed by atoms with Crippen LogP contribution in [0.25, 0.3) is 0 Å². The molecule has 0 aromatic rings. The van der Waals surface area contributed by atoms with Gasteiger partial charge in [0, 0.05) is 13.2 Å². The van der Waals surface area contributed by atoms with E-state index in [0.29, 0.717) is 6.04 Å². The standard InChI is InChI=1S/C18H35NO/c1-4-19-17(16-11-9-10-15(2)14-16)18(20-3)12-7-5-6-8-13-18/h15-17,19H,4-14H2,1-3H3. The molecule has 20 heavy (non-hydrogen) atoms. The van der Waals surface area contributed by atoms with E-state index in [4.69, 9.17) is 4.74 Å². The summed E-state index contributed by atoms with van der Waals surface area (Å²) in [6.45, 7) is 5.75. The number of methoxy groups -OCH3 is 1. The highest BCUT2D eigenvalue weighted by Crippen LogP contribution is 2.41. The van der Waals surface area contributed by atoms with Crippen LogP contribution in [0.15, 0.2) is 0 Å². The van der Waals surface area contributed by atoms with Crippen molar-refractivity contribution in [3.8, 4) is 0 Å². The molecule has 3 unspecified atom stereocenters. The molecule has 2 rings (SSSR count). The minimum Gasteiger partial charge on any atom is -0.377 e. The Bertz CT molecular complexity index is 271. The van der Waals surface area contributed by atoms with Gasteiger partial charge in [-0.2, -0.15) is 0 Å². The van der Waals surface area contributed by atoms with E-state index in [1.54, 1.807) is 0 Å². The average molecular weight is 281 g/mol. The van der Waals surface area contributed by atoms with Crippen LogP contribution >= 0.6 is 0 Å². The van der Waals surface area contributed by atoms with E-state index >= 15 is 0 Å². The van der Waals surface area contributed by atoms with Crippen molar-refractivity contribution in [2.45, 2.75) is 89.7 Å². The van der Waals surface area contributed by atoms with Crippen LogP contribution in [0.1, 0.15) is 78.1 Å². The molecule has 118 valence electrons. The summed E-state index contributed by atoms with van der Waals surface area (Å²) in [6, 6.07) is 0.568. The molecule has 1 N–H and O–H groups in total. The molecule has 0 aromatic carbocycles. The summed E-state index contributed by atoms with van der Waals surface area (Å²) in [7, 11) is 1.96. The third kappa shape index (κ3) is 3.76. The van der Waals surface area contributed by atoms with Crippen LogP contribution in [0.4, 0.5) is 0 Å². The molecule has 0 radical (unpaired) electrons. The molecule has 2 aliphatic rings. The van der Waals surface area contributed by atoms with E-state index in [-0.39, 0.29) is 5.60 Å². The first-order valence-electron chi connectivity index (χ1n) is 9.00. The van der Waals surface area contributed by atoms with Crippen molar-refractivity contribution in [3.63, 3.8) is 0 Å². The number of hydrogen-bond donors (Lipinski definition) is 1. The molecule has 0 saturated heterocycles. The Labute approximate surface area is 126 Å². The SMILES string of the molecule is CCNC(C1CCCC(C)C1)C1(OC)CCCCCC1. The highest BCUT2D eigenvalue weighted by Gasteiger charge is 2.43. The first-order chi connectivity index (χ1) is 9.72. The molecule has 2 nitrogen and oxygen atoms in total. The van der Waals surface area contributed by atoms with Gasteiger partial charge in [0.25, 0.3) is 0 Å². The van der Waals surface area contributed by atoms with E-state index in [9.17, 15) is 0 Å². The van der Waals surface area contributed by atoms with Gasteiger partial charge in [0.2, 0.25) is 0 Å². The molecule has 0 heterocycles.